The van der Waals surface area contributed by atoms with Gasteiger partial charge in [-0.1, -0.05) is 132 Å². The molecule has 1 aliphatic heterocycles. The topological polar surface area (TPSA) is 3.24 Å². The van der Waals surface area contributed by atoms with Gasteiger partial charge in [0.25, 0.3) is 0 Å². The summed E-state index contributed by atoms with van der Waals surface area (Å²) in [4.78, 5) is 5.60. The van der Waals surface area contributed by atoms with Gasteiger partial charge in [-0.25, -0.2) is 0 Å². The average Bonchev–Trinajstić information content (AvgIpc) is 3.85. The summed E-state index contributed by atoms with van der Waals surface area (Å²) < 4.78 is 0. The van der Waals surface area contributed by atoms with E-state index in [0.29, 0.717) is 5.41 Å². The van der Waals surface area contributed by atoms with E-state index in [2.05, 4.69) is 174 Å². The first-order valence-corrected chi connectivity index (χ1v) is 23.5. The lowest BCUT2D eigenvalue weighted by Gasteiger charge is -2.78. The van der Waals surface area contributed by atoms with Gasteiger partial charge in [0.05, 0.1) is 5.69 Å². The Morgan fingerprint density at radius 3 is 2.03 bits per heavy atom. The molecule has 6 aromatic carbocycles. The summed E-state index contributed by atoms with van der Waals surface area (Å²) in [6, 6.07) is 50.1. The largest absolute Gasteiger partial charge is 0.310 e. The second kappa shape index (κ2) is 11.4. The van der Waals surface area contributed by atoms with Gasteiger partial charge in [-0.05, 0) is 183 Å². The Morgan fingerprint density at radius 1 is 0.525 bits per heavy atom. The molecule has 0 radical (unpaired) electrons. The van der Waals surface area contributed by atoms with Crippen LogP contribution < -0.4 is 4.90 Å². The molecule has 4 fully saturated rings. The highest BCUT2D eigenvalue weighted by molar-refractivity contribution is 7.99. The number of fused-ring (bicyclic) bond motifs is 11. The molecule has 2 bridgehead atoms. The Hall–Kier alpha value is -4.53. The van der Waals surface area contributed by atoms with Crippen LogP contribution in [-0.2, 0) is 21.7 Å². The molecule has 1 heterocycles. The molecular formula is C57H55NS. The van der Waals surface area contributed by atoms with Crippen LogP contribution in [0.2, 0.25) is 0 Å². The molecule has 6 aliphatic carbocycles. The minimum atomic E-state index is -0.0734. The van der Waals surface area contributed by atoms with E-state index < -0.39 is 0 Å². The summed E-state index contributed by atoms with van der Waals surface area (Å²) in [5.74, 6) is 3.56. The van der Waals surface area contributed by atoms with Crippen LogP contribution in [0.25, 0.3) is 22.3 Å². The van der Waals surface area contributed by atoms with Gasteiger partial charge in [0.1, 0.15) is 0 Å². The molecule has 0 saturated heterocycles. The quantitative estimate of drug-likeness (QED) is 0.175. The molecule has 7 aliphatic rings. The van der Waals surface area contributed by atoms with Crippen LogP contribution in [0.4, 0.5) is 17.1 Å². The van der Waals surface area contributed by atoms with Gasteiger partial charge in [-0.2, -0.15) is 0 Å². The van der Waals surface area contributed by atoms with E-state index in [1.54, 1.807) is 11.1 Å². The highest BCUT2D eigenvalue weighted by atomic mass is 32.2. The van der Waals surface area contributed by atoms with Crippen LogP contribution >= 0.6 is 11.8 Å². The fourth-order valence-electron chi connectivity index (χ4n) is 15.2. The van der Waals surface area contributed by atoms with E-state index in [1.165, 1.54) is 110 Å². The van der Waals surface area contributed by atoms with Crippen molar-refractivity contribution in [3.05, 3.63) is 161 Å². The zero-order valence-electron chi connectivity index (χ0n) is 35.5. The third-order valence-electron chi connectivity index (χ3n) is 17.8. The fourth-order valence-corrected chi connectivity index (χ4v) is 16.4. The summed E-state index contributed by atoms with van der Waals surface area (Å²) in [5, 5.41) is 0. The molecule has 294 valence electrons. The van der Waals surface area contributed by atoms with Crippen molar-refractivity contribution in [2.45, 2.75) is 112 Å². The molecule has 2 spiro atoms. The average molecular weight is 786 g/mol. The first-order valence-electron chi connectivity index (χ1n) is 22.6. The number of nitrogens with zero attached hydrogens (tertiary/aromatic N) is 1. The lowest BCUT2D eigenvalue weighted by Crippen LogP contribution is -2.74. The van der Waals surface area contributed by atoms with Crippen molar-refractivity contribution in [1.29, 1.82) is 0 Å². The number of rotatable bonds is 4. The molecule has 1 nitrogen and oxygen atoms in total. The van der Waals surface area contributed by atoms with E-state index in [0.717, 1.165) is 23.7 Å². The molecule has 59 heavy (non-hydrogen) atoms. The molecule has 0 amide bonds. The Bertz CT molecular complexity index is 2790. The van der Waals surface area contributed by atoms with Gasteiger partial charge in [0, 0.05) is 32.0 Å². The maximum absolute atomic E-state index is 2.65. The summed E-state index contributed by atoms with van der Waals surface area (Å²) in [7, 11) is 0. The van der Waals surface area contributed by atoms with Crippen molar-refractivity contribution in [3.63, 3.8) is 0 Å². The lowest BCUT2D eigenvalue weighted by molar-refractivity contribution is -0.235. The molecule has 0 N–H and O–H groups in total. The summed E-state index contributed by atoms with van der Waals surface area (Å²) >= 11 is 2.02. The van der Waals surface area contributed by atoms with Crippen molar-refractivity contribution in [2.75, 3.05) is 4.90 Å². The molecule has 2 heteroatoms. The normalized spacial score (nSPS) is 29.6. The lowest BCUT2D eigenvalue weighted by atomic mass is 9.26. The molecular weight excluding hydrogens is 731 g/mol. The molecule has 6 unspecified atom stereocenters. The van der Waals surface area contributed by atoms with Gasteiger partial charge in [-0.15, -0.1) is 0 Å². The predicted molar refractivity (Wildman–Crippen MR) is 246 cm³/mol. The van der Waals surface area contributed by atoms with Gasteiger partial charge in [0.15, 0.2) is 0 Å². The molecule has 0 aromatic heterocycles. The predicted octanol–water partition coefficient (Wildman–Crippen LogP) is 15.3. The van der Waals surface area contributed by atoms with Gasteiger partial charge in [-0.3, -0.25) is 0 Å². The Kier molecular flexibility index (Phi) is 6.83. The van der Waals surface area contributed by atoms with E-state index >= 15 is 0 Å². The fraction of sp³-hybridized carbons (Fsp3) is 0.368. The van der Waals surface area contributed by atoms with Gasteiger partial charge in [0.2, 0.25) is 0 Å². The van der Waals surface area contributed by atoms with E-state index in [1.807, 2.05) is 11.8 Å². The zero-order chi connectivity index (χ0) is 39.8. The third-order valence-corrected chi connectivity index (χ3v) is 19.0. The summed E-state index contributed by atoms with van der Waals surface area (Å²) in [5.41, 5.74) is 19.2. The minimum Gasteiger partial charge on any atom is -0.310 e. The smallest absolute Gasteiger partial charge is 0.0502 e. The van der Waals surface area contributed by atoms with Gasteiger partial charge >= 0.3 is 0 Å². The molecule has 4 saturated carbocycles. The summed E-state index contributed by atoms with van der Waals surface area (Å²) in [6.07, 6.45) is 8.26. The first kappa shape index (κ1) is 35.2. The molecule has 6 atom stereocenters. The van der Waals surface area contributed by atoms with Crippen molar-refractivity contribution < 1.29 is 0 Å². The summed E-state index contributed by atoms with van der Waals surface area (Å²) in [6.45, 7) is 14.6. The van der Waals surface area contributed by atoms with E-state index in [4.69, 9.17) is 0 Å². The van der Waals surface area contributed by atoms with Crippen LogP contribution in [0.5, 0.6) is 0 Å². The minimum absolute atomic E-state index is 0.0565. The number of benzene rings is 6. The molecule has 6 aromatic rings. The maximum atomic E-state index is 2.65. The standard InChI is InChI=1S/C57H55NS/c1-53(2)26-27-54(3,4)52-44(53)15-11-16-47(52)58(39-23-24-41-40-12-7-8-13-42(40)55(5,6)45(41)32-39)38-21-18-35(19-22-38)36-20-25-49-46(30-36)57(43-14-9-10-17-48(43)59-49)50-29-34-28-37-31-51(57)56(37,50)33-34/h7-25,30,32,34,37,50-51H,26-29,31,33H2,1-6H3. The highest BCUT2D eigenvalue weighted by Crippen LogP contribution is 2.89. The maximum Gasteiger partial charge on any atom is 0.0502 e. The monoisotopic (exact) mass is 785 g/mol. The van der Waals surface area contributed by atoms with Crippen molar-refractivity contribution in [2.24, 2.45) is 29.1 Å². The third kappa shape index (κ3) is 4.30. The number of anilines is 3. The molecule has 13 rings (SSSR count). The van der Waals surface area contributed by atoms with Crippen LogP contribution in [0.3, 0.4) is 0 Å². The van der Waals surface area contributed by atoms with Crippen LogP contribution in [0.1, 0.15) is 113 Å². The second-order valence-corrected chi connectivity index (χ2v) is 22.7. The van der Waals surface area contributed by atoms with Crippen molar-refractivity contribution >= 4 is 28.8 Å². The van der Waals surface area contributed by atoms with Crippen LogP contribution in [0, 0.1) is 29.1 Å². The first-order chi connectivity index (χ1) is 28.4. The zero-order valence-corrected chi connectivity index (χ0v) is 36.3. The highest BCUT2D eigenvalue weighted by Gasteiger charge is 2.84. The number of hydrogen-bond acceptors (Lipinski definition) is 2. The Balaban J connectivity index is 0.946. The van der Waals surface area contributed by atoms with Crippen molar-refractivity contribution in [3.8, 4) is 22.3 Å². The van der Waals surface area contributed by atoms with Crippen LogP contribution in [-0.4, -0.2) is 0 Å². The Morgan fingerprint density at radius 2 is 1.20 bits per heavy atom. The Labute approximate surface area is 355 Å². The van der Waals surface area contributed by atoms with Gasteiger partial charge < -0.3 is 4.90 Å². The van der Waals surface area contributed by atoms with Crippen LogP contribution in [0.15, 0.2) is 137 Å². The number of hydrogen-bond donors (Lipinski definition) is 0. The van der Waals surface area contributed by atoms with E-state index in [9.17, 15) is 0 Å². The second-order valence-electron chi connectivity index (χ2n) is 21.6. The van der Waals surface area contributed by atoms with Crippen molar-refractivity contribution in [1.82, 2.24) is 0 Å². The van der Waals surface area contributed by atoms with E-state index in [-0.39, 0.29) is 21.7 Å². The SMILES string of the molecule is CC1(C)CCC(C)(C)c2c(N(c3ccc(-c4ccc5c(c4)C4(c6ccccc6S5)C5CC6CC7CC4C75C6)cc3)c3ccc4c(c3)C(C)(C)c3ccccc3-4)cccc21.